The fourth-order valence-electron chi connectivity index (χ4n) is 2.70. The van der Waals surface area contributed by atoms with Gasteiger partial charge in [-0.2, -0.15) is 0 Å². The van der Waals surface area contributed by atoms with Gasteiger partial charge in [0.05, 0.1) is 0 Å². The molecule has 0 radical (unpaired) electrons. The lowest BCUT2D eigenvalue weighted by Crippen LogP contribution is -2.18. The molecular formula is C15H26N4. The molecular weight excluding hydrogens is 236 g/mol. The molecule has 4 nitrogen and oxygen atoms in total. The molecule has 1 saturated carbocycles. The van der Waals surface area contributed by atoms with Crippen LogP contribution in [0.1, 0.15) is 51.8 Å². The van der Waals surface area contributed by atoms with Gasteiger partial charge in [-0.3, -0.25) is 0 Å². The first kappa shape index (κ1) is 14.1. The second-order valence-corrected chi connectivity index (χ2v) is 5.95. The van der Waals surface area contributed by atoms with Crippen LogP contribution in [0.3, 0.4) is 0 Å². The maximum atomic E-state index is 4.60. The third kappa shape index (κ3) is 3.58. The largest absolute Gasteiger partial charge is 0.373 e. The first-order valence-corrected chi connectivity index (χ1v) is 7.40. The molecule has 2 unspecified atom stereocenters. The molecule has 0 spiro atoms. The van der Waals surface area contributed by atoms with Gasteiger partial charge in [0.15, 0.2) is 0 Å². The van der Waals surface area contributed by atoms with Gasteiger partial charge in [0, 0.05) is 25.6 Å². The van der Waals surface area contributed by atoms with Crippen LogP contribution >= 0.6 is 0 Å². The van der Waals surface area contributed by atoms with Crippen molar-refractivity contribution in [3.63, 3.8) is 0 Å². The molecule has 19 heavy (non-hydrogen) atoms. The number of rotatable bonds is 5. The Kier molecular flexibility index (Phi) is 4.61. The van der Waals surface area contributed by atoms with Crippen molar-refractivity contribution in [2.75, 3.05) is 24.2 Å². The Bertz CT molecular complexity index is 417. The van der Waals surface area contributed by atoms with Crippen molar-refractivity contribution in [1.82, 2.24) is 9.97 Å². The molecule has 0 bridgehead atoms. The summed E-state index contributed by atoms with van der Waals surface area (Å²) in [6.45, 7) is 7.63. The summed E-state index contributed by atoms with van der Waals surface area (Å²) < 4.78 is 0. The molecule has 1 heterocycles. The Morgan fingerprint density at radius 1 is 1.26 bits per heavy atom. The Labute approximate surface area is 116 Å². The number of anilines is 2. The Hall–Kier alpha value is -1.32. The van der Waals surface area contributed by atoms with Crippen molar-refractivity contribution in [3.8, 4) is 0 Å². The van der Waals surface area contributed by atoms with Crippen LogP contribution in [0.2, 0.25) is 0 Å². The van der Waals surface area contributed by atoms with E-state index in [9.17, 15) is 0 Å². The van der Waals surface area contributed by atoms with Crippen molar-refractivity contribution in [2.45, 2.75) is 46.0 Å². The van der Waals surface area contributed by atoms with Crippen LogP contribution in [0.15, 0.2) is 6.07 Å². The van der Waals surface area contributed by atoms with Crippen LogP contribution in [0.4, 0.5) is 11.6 Å². The van der Waals surface area contributed by atoms with E-state index in [1.54, 1.807) is 0 Å². The highest BCUT2D eigenvalue weighted by atomic mass is 15.1. The van der Waals surface area contributed by atoms with Gasteiger partial charge in [0.1, 0.15) is 17.5 Å². The van der Waals surface area contributed by atoms with Crippen LogP contribution in [-0.2, 0) is 0 Å². The zero-order chi connectivity index (χ0) is 13.8. The predicted octanol–water partition coefficient (Wildman–Crippen LogP) is 3.49. The number of aromatic nitrogens is 2. The van der Waals surface area contributed by atoms with Gasteiger partial charge in [0.2, 0.25) is 0 Å². The number of hydrogen-bond donors (Lipinski definition) is 2. The Morgan fingerprint density at radius 3 is 2.58 bits per heavy atom. The molecule has 1 aliphatic carbocycles. The highest BCUT2D eigenvalue weighted by molar-refractivity contribution is 5.47. The van der Waals surface area contributed by atoms with Crippen LogP contribution in [0.5, 0.6) is 0 Å². The summed E-state index contributed by atoms with van der Waals surface area (Å²) in [5, 5.41) is 6.60. The standard InChI is InChI=1S/C15H26N4/c1-10(2)15-18-13(16-4)8-14(19-15)17-9-12-7-5-6-11(12)3/h8,10-12H,5-7,9H2,1-4H3,(H2,16,17,18,19). The Morgan fingerprint density at radius 2 is 2.00 bits per heavy atom. The molecule has 0 amide bonds. The maximum absolute atomic E-state index is 4.60. The first-order chi connectivity index (χ1) is 9.10. The summed E-state index contributed by atoms with van der Waals surface area (Å²) in [7, 11) is 1.90. The lowest BCUT2D eigenvalue weighted by atomic mass is 9.98. The van der Waals surface area contributed by atoms with Crippen molar-refractivity contribution in [3.05, 3.63) is 11.9 Å². The molecule has 1 aliphatic rings. The van der Waals surface area contributed by atoms with Gasteiger partial charge in [-0.1, -0.05) is 33.6 Å². The van der Waals surface area contributed by atoms with E-state index < -0.39 is 0 Å². The van der Waals surface area contributed by atoms with Gasteiger partial charge < -0.3 is 10.6 Å². The average molecular weight is 262 g/mol. The second-order valence-electron chi connectivity index (χ2n) is 5.95. The molecule has 2 N–H and O–H groups in total. The van der Waals surface area contributed by atoms with E-state index >= 15 is 0 Å². The van der Waals surface area contributed by atoms with E-state index in [0.717, 1.165) is 35.8 Å². The van der Waals surface area contributed by atoms with Crippen LogP contribution in [0, 0.1) is 11.8 Å². The van der Waals surface area contributed by atoms with Crippen molar-refractivity contribution in [1.29, 1.82) is 0 Å². The van der Waals surface area contributed by atoms with Gasteiger partial charge in [-0.05, 0) is 18.3 Å². The van der Waals surface area contributed by atoms with Gasteiger partial charge >= 0.3 is 0 Å². The Balaban J connectivity index is 2.04. The molecule has 0 saturated heterocycles. The molecule has 2 rings (SSSR count). The lowest BCUT2D eigenvalue weighted by Gasteiger charge is -2.17. The zero-order valence-electron chi connectivity index (χ0n) is 12.5. The predicted molar refractivity (Wildman–Crippen MR) is 80.7 cm³/mol. The van der Waals surface area contributed by atoms with Gasteiger partial charge in [-0.15, -0.1) is 0 Å². The topological polar surface area (TPSA) is 49.8 Å². The van der Waals surface area contributed by atoms with E-state index in [1.807, 2.05) is 13.1 Å². The molecule has 4 heteroatoms. The van der Waals surface area contributed by atoms with E-state index in [0.29, 0.717) is 5.92 Å². The molecule has 0 aromatic carbocycles. The summed E-state index contributed by atoms with van der Waals surface area (Å²) in [5.74, 6) is 4.70. The quantitative estimate of drug-likeness (QED) is 0.853. The van der Waals surface area contributed by atoms with Gasteiger partial charge in [0.25, 0.3) is 0 Å². The summed E-state index contributed by atoms with van der Waals surface area (Å²) in [4.78, 5) is 9.09. The lowest BCUT2D eigenvalue weighted by molar-refractivity contribution is 0.439. The van der Waals surface area contributed by atoms with E-state index in [-0.39, 0.29) is 0 Å². The summed E-state index contributed by atoms with van der Waals surface area (Å²) in [6.07, 6.45) is 4.08. The molecule has 1 aromatic rings. The molecule has 0 aliphatic heterocycles. The van der Waals surface area contributed by atoms with Gasteiger partial charge in [-0.25, -0.2) is 9.97 Å². The third-order valence-electron chi connectivity index (χ3n) is 4.10. The van der Waals surface area contributed by atoms with Crippen molar-refractivity contribution in [2.24, 2.45) is 11.8 Å². The van der Waals surface area contributed by atoms with Crippen molar-refractivity contribution < 1.29 is 0 Å². The first-order valence-electron chi connectivity index (χ1n) is 7.40. The van der Waals surface area contributed by atoms with Crippen LogP contribution in [0.25, 0.3) is 0 Å². The zero-order valence-corrected chi connectivity index (χ0v) is 12.5. The number of nitrogens with zero attached hydrogens (tertiary/aromatic N) is 2. The minimum absolute atomic E-state index is 0.347. The fourth-order valence-corrected chi connectivity index (χ4v) is 2.70. The molecule has 106 valence electrons. The minimum atomic E-state index is 0.347. The minimum Gasteiger partial charge on any atom is -0.373 e. The molecule has 1 fully saturated rings. The third-order valence-corrected chi connectivity index (χ3v) is 4.10. The number of hydrogen-bond acceptors (Lipinski definition) is 4. The molecule has 2 atom stereocenters. The van der Waals surface area contributed by atoms with Crippen LogP contribution < -0.4 is 10.6 Å². The fraction of sp³-hybridized carbons (Fsp3) is 0.733. The molecule has 1 aromatic heterocycles. The second kappa shape index (κ2) is 6.22. The number of nitrogens with one attached hydrogen (secondary N) is 2. The highest BCUT2D eigenvalue weighted by Crippen LogP contribution is 2.31. The van der Waals surface area contributed by atoms with E-state index in [4.69, 9.17) is 0 Å². The van der Waals surface area contributed by atoms with E-state index in [2.05, 4.69) is 41.4 Å². The van der Waals surface area contributed by atoms with E-state index in [1.165, 1.54) is 19.3 Å². The average Bonchev–Trinajstić information content (AvgIpc) is 2.81. The SMILES string of the molecule is CNc1cc(NCC2CCCC2C)nc(C(C)C)n1. The van der Waals surface area contributed by atoms with Crippen LogP contribution in [-0.4, -0.2) is 23.6 Å². The van der Waals surface area contributed by atoms with Crippen molar-refractivity contribution >= 4 is 11.6 Å². The summed E-state index contributed by atoms with van der Waals surface area (Å²) in [6, 6.07) is 1.99. The summed E-state index contributed by atoms with van der Waals surface area (Å²) >= 11 is 0. The monoisotopic (exact) mass is 262 g/mol. The highest BCUT2D eigenvalue weighted by Gasteiger charge is 2.23. The smallest absolute Gasteiger partial charge is 0.135 e. The normalized spacial score (nSPS) is 22.8. The maximum Gasteiger partial charge on any atom is 0.135 e. The summed E-state index contributed by atoms with van der Waals surface area (Å²) in [5.41, 5.74) is 0.